The van der Waals surface area contributed by atoms with Crippen LogP contribution in [0.4, 0.5) is 14.9 Å². The van der Waals surface area contributed by atoms with Crippen molar-refractivity contribution in [1.82, 2.24) is 9.88 Å². The molecule has 1 aromatic carbocycles. The molecular formula is C19H23ClFN3O2. The number of benzene rings is 1. The average molecular weight is 380 g/mol. The first kappa shape index (κ1) is 18.7. The van der Waals surface area contributed by atoms with Crippen molar-refractivity contribution >= 4 is 23.3 Å². The first-order valence-corrected chi connectivity index (χ1v) is 9.09. The van der Waals surface area contributed by atoms with E-state index in [9.17, 15) is 9.18 Å². The summed E-state index contributed by atoms with van der Waals surface area (Å²) in [6.07, 6.45) is 3.38. The number of urea groups is 1. The molecule has 7 heteroatoms. The number of likely N-dealkylation sites (tertiary alicyclic amines) is 1. The van der Waals surface area contributed by atoms with Crippen molar-refractivity contribution in [3.05, 3.63) is 46.9 Å². The van der Waals surface area contributed by atoms with E-state index in [4.69, 9.17) is 16.0 Å². The highest BCUT2D eigenvalue weighted by molar-refractivity contribution is 6.31. The number of nitrogens with zero attached hydrogens (tertiary/aromatic N) is 2. The number of anilines is 1. The highest BCUT2D eigenvalue weighted by Gasteiger charge is 2.28. The van der Waals surface area contributed by atoms with Gasteiger partial charge in [0, 0.05) is 30.1 Å². The van der Waals surface area contributed by atoms with Crippen molar-refractivity contribution in [1.29, 1.82) is 0 Å². The molecule has 0 saturated carbocycles. The van der Waals surface area contributed by atoms with Crippen LogP contribution >= 0.6 is 11.6 Å². The van der Waals surface area contributed by atoms with Crippen molar-refractivity contribution in [3.8, 4) is 0 Å². The Morgan fingerprint density at radius 3 is 2.62 bits per heavy atom. The Kier molecular flexibility index (Phi) is 5.23. The van der Waals surface area contributed by atoms with Crippen LogP contribution in [0.25, 0.3) is 0 Å². The number of aromatic nitrogens is 1. The van der Waals surface area contributed by atoms with E-state index >= 15 is 0 Å². The largest absolute Gasteiger partial charge is 0.445 e. The summed E-state index contributed by atoms with van der Waals surface area (Å²) < 4.78 is 19.1. The molecule has 26 heavy (non-hydrogen) atoms. The maximum absolute atomic E-state index is 13.2. The summed E-state index contributed by atoms with van der Waals surface area (Å²) in [6, 6.07) is 3.92. The molecule has 140 valence electrons. The number of piperidine rings is 1. The molecule has 2 amide bonds. The maximum Gasteiger partial charge on any atom is 0.321 e. The molecule has 1 aromatic heterocycles. The molecule has 2 aromatic rings. The molecule has 1 fully saturated rings. The normalized spacial score (nSPS) is 16.0. The highest BCUT2D eigenvalue weighted by atomic mass is 35.5. The van der Waals surface area contributed by atoms with Gasteiger partial charge in [0.1, 0.15) is 11.6 Å². The summed E-state index contributed by atoms with van der Waals surface area (Å²) in [4.78, 5) is 18.5. The van der Waals surface area contributed by atoms with E-state index < -0.39 is 5.82 Å². The number of oxazole rings is 1. The first-order valence-electron chi connectivity index (χ1n) is 8.71. The number of carbonyl (C=O) groups excluding carboxylic acids is 1. The van der Waals surface area contributed by atoms with Gasteiger partial charge in [-0.05, 0) is 31.0 Å². The second-order valence-electron chi connectivity index (χ2n) is 7.63. The number of hydrogen-bond acceptors (Lipinski definition) is 3. The Morgan fingerprint density at radius 2 is 2.04 bits per heavy atom. The predicted octanol–water partition coefficient (Wildman–Crippen LogP) is 5.18. The number of hydrogen-bond donors (Lipinski definition) is 1. The van der Waals surface area contributed by atoms with Crippen LogP contribution in [0.3, 0.4) is 0 Å². The molecule has 1 saturated heterocycles. The predicted molar refractivity (Wildman–Crippen MR) is 99.2 cm³/mol. The van der Waals surface area contributed by atoms with Crippen LogP contribution in [0.2, 0.25) is 5.02 Å². The Balaban J connectivity index is 1.57. The molecule has 0 unspecified atom stereocenters. The van der Waals surface area contributed by atoms with Crippen LogP contribution in [0, 0.1) is 5.82 Å². The maximum atomic E-state index is 13.2. The summed E-state index contributed by atoms with van der Waals surface area (Å²) >= 11 is 5.75. The third kappa shape index (κ3) is 4.18. The smallest absolute Gasteiger partial charge is 0.321 e. The monoisotopic (exact) mass is 379 g/mol. The first-order chi connectivity index (χ1) is 12.2. The van der Waals surface area contributed by atoms with Crippen molar-refractivity contribution in [2.45, 2.75) is 44.9 Å². The SMILES string of the molecule is CC(C)(C)c1cnc(C2CCN(C(=O)Nc3ccc(F)c(Cl)c3)CC2)o1. The van der Waals surface area contributed by atoms with Gasteiger partial charge in [-0.2, -0.15) is 0 Å². The minimum absolute atomic E-state index is 0.0138. The lowest BCUT2D eigenvalue weighted by molar-refractivity contribution is 0.189. The number of rotatable bonds is 2. The van der Waals surface area contributed by atoms with Gasteiger partial charge in [-0.3, -0.25) is 0 Å². The molecule has 5 nitrogen and oxygen atoms in total. The number of nitrogens with one attached hydrogen (secondary N) is 1. The Hall–Kier alpha value is -2.08. The Morgan fingerprint density at radius 1 is 1.35 bits per heavy atom. The van der Waals surface area contributed by atoms with Gasteiger partial charge in [0.05, 0.1) is 11.2 Å². The van der Waals surface area contributed by atoms with Gasteiger partial charge >= 0.3 is 6.03 Å². The molecule has 1 N–H and O–H groups in total. The minimum atomic E-state index is -0.508. The van der Waals surface area contributed by atoms with Crippen molar-refractivity contribution in [2.75, 3.05) is 18.4 Å². The zero-order valence-electron chi connectivity index (χ0n) is 15.2. The minimum Gasteiger partial charge on any atom is -0.445 e. The van der Waals surface area contributed by atoms with Gasteiger partial charge in [-0.25, -0.2) is 14.2 Å². The van der Waals surface area contributed by atoms with Crippen molar-refractivity contribution < 1.29 is 13.6 Å². The third-order valence-electron chi connectivity index (χ3n) is 4.57. The van der Waals surface area contributed by atoms with Crippen LogP contribution in [0.5, 0.6) is 0 Å². The van der Waals surface area contributed by atoms with E-state index in [1.807, 2.05) is 0 Å². The van der Waals surface area contributed by atoms with Crippen LogP contribution in [-0.4, -0.2) is 29.0 Å². The van der Waals surface area contributed by atoms with E-state index in [0.717, 1.165) is 24.5 Å². The molecule has 0 spiro atoms. The summed E-state index contributed by atoms with van der Waals surface area (Å²) in [5.41, 5.74) is 0.411. The van der Waals surface area contributed by atoms with Crippen molar-refractivity contribution in [3.63, 3.8) is 0 Å². The summed E-state index contributed by atoms with van der Waals surface area (Å²) in [7, 11) is 0. The fraction of sp³-hybridized carbons (Fsp3) is 0.474. The average Bonchev–Trinajstić information content (AvgIpc) is 3.09. The number of carbonyl (C=O) groups is 1. The lowest BCUT2D eigenvalue weighted by Crippen LogP contribution is -2.40. The van der Waals surface area contributed by atoms with Gasteiger partial charge in [0.15, 0.2) is 5.89 Å². The quantitative estimate of drug-likeness (QED) is 0.782. The third-order valence-corrected chi connectivity index (χ3v) is 4.85. The summed E-state index contributed by atoms with van der Waals surface area (Å²) in [5.74, 6) is 1.34. The highest BCUT2D eigenvalue weighted by Crippen LogP contribution is 2.31. The van der Waals surface area contributed by atoms with Crippen LogP contribution < -0.4 is 5.32 Å². The molecule has 0 bridgehead atoms. The standard InChI is InChI=1S/C19H23ClFN3O2/c1-19(2,3)16-11-22-17(26-16)12-6-8-24(9-7-12)18(25)23-13-4-5-15(21)14(20)10-13/h4-5,10-12H,6-9H2,1-3H3,(H,23,25). The Labute approximate surface area is 157 Å². The number of amides is 2. The van der Waals surface area contributed by atoms with E-state index in [-0.39, 0.29) is 22.4 Å². The molecule has 2 heterocycles. The molecular weight excluding hydrogens is 357 g/mol. The second kappa shape index (κ2) is 7.27. The molecule has 1 aliphatic heterocycles. The summed E-state index contributed by atoms with van der Waals surface area (Å²) in [5, 5.41) is 2.74. The van der Waals surface area contributed by atoms with E-state index in [1.165, 1.54) is 18.2 Å². The fourth-order valence-electron chi connectivity index (χ4n) is 2.93. The van der Waals surface area contributed by atoms with E-state index in [1.54, 1.807) is 11.1 Å². The number of halogens is 2. The lowest BCUT2D eigenvalue weighted by Gasteiger charge is -2.30. The van der Waals surface area contributed by atoms with Crippen LogP contribution in [0.1, 0.15) is 51.2 Å². The zero-order valence-corrected chi connectivity index (χ0v) is 15.9. The van der Waals surface area contributed by atoms with Gasteiger partial charge in [-0.1, -0.05) is 32.4 Å². The molecule has 0 aliphatic carbocycles. The molecule has 0 atom stereocenters. The van der Waals surface area contributed by atoms with Gasteiger partial charge < -0.3 is 14.6 Å². The zero-order chi connectivity index (χ0) is 18.9. The van der Waals surface area contributed by atoms with Gasteiger partial charge in [-0.15, -0.1) is 0 Å². The van der Waals surface area contributed by atoms with Crippen LogP contribution in [-0.2, 0) is 5.41 Å². The van der Waals surface area contributed by atoms with Crippen LogP contribution in [0.15, 0.2) is 28.8 Å². The fourth-order valence-corrected chi connectivity index (χ4v) is 3.11. The molecule has 1 aliphatic rings. The van der Waals surface area contributed by atoms with Crippen molar-refractivity contribution in [2.24, 2.45) is 0 Å². The topological polar surface area (TPSA) is 58.4 Å². The van der Waals surface area contributed by atoms with Gasteiger partial charge in [0.25, 0.3) is 0 Å². The summed E-state index contributed by atoms with van der Waals surface area (Å²) in [6.45, 7) is 7.49. The van der Waals surface area contributed by atoms with Gasteiger partial charge in [0.2, 0.25) is 0 Å². The molecule has 3 rings (SSSR count). The lowest BCUT2D eigenvalue weighted by atomic mass is 9.94. The van der Waals surface area contributed by atoms with E-state index in [2.05, 4.69) is 31.1 Å². The molecule has 0 radical (unpaired) electrons. The van der Waals surface area contributed by atoms with E-state index in [0.29, 0.717) is 18.8 Å². The Bertz CT molecular complexity index is 792. The second-order valence-corrected chi connectivity index (χ2v) is 8.04.